The molecule has 78 valence electrons. The molecule has 0 aromatic carbocycles. The highest BCUT2D eigenvalue weighted by atomic mass is 16.7. The van der Waals surface area contributed by atoms with Gasteiger partial charge in [0, 0.05) is 13.0 Å². The van der Waals surface area contributed by atoms with Crippen LogP contribution in [0.3, 0.4) is 0 Å². The first kappa shape index (κ1) is 10.9. The molecule has 1 fully saturated rings. The van der Waals surface area contributed by atoms with Gasteiger partial charge in [-0.3, -0.25) is 0 Å². The summed E-state index contributed by atoms with van der Waals surface area (Å²) < 4.78 is 10.6. The third kappa shape index (κ3) is 3.60. The molecule has 0 radical (unpaired) electrons. The van der Waals surface area contributed by atoms with Crippen LogP contribution < -0.4 is 5.73 Å². The maximum Gasteiger partial charge on any atom is 0.157 e. The topological polar surface area (TPSA) is 64.7 Å². The van der Waals surface area contributed by atoms with E-state index in [2.05, 4.69) is 0 Å². The maximum atomic E-state index is 9.35. The van der Waals surface area contributed by atoms with Crippen LogP contribution >= 0.6 is 0 Å². The molecule has 1 aliphatic heterocycles. The lowest BCUT2D eigenvalue weighted by atomic mass is 10.1. The van der Waals surface area contributed by atoms with Gasteiger partial charge in [0.1, 0.15) is 0 Å². The Morgan fingerprint density at radius 2 is 2.46 bits per heavy atom. The maximum absolute atomic E-state index is 9.35. The Balaban J connectivity index is 2.10. The Bertz CT molecular complexity index is 137. The van der Waals surface area contributed by atoms with Crippen LogP contribution in [0.4, 0.5) is 0 Å². The molecule has 3 unspecified atom stereocenters. The Morgan fingerprint density at radius 1 is 1.69 bits per heavy atom. The number of aliphatic hydroxyl groups excluding tert-OH is 1. The van der Waals surface area contributed by atoms with Crippen LogP contribution in [0, 0.1) is 0 Å². The van der Waals surface area contributed by atoms with Gasteiger partial charge in [-0.05, 0) is 12.8 Å². The quantitative estimate of drug-likeness (QED) is 0.650. The Kier molecular flexibility index (Phi) is 4.66. The van der Waals surface area contributed by atoms with Gasteiger partial charge in [-0.2, -0.15) is 0 Å². The SMILES string of the molecule is CCC(O)C(N)COC1CCCO1. The van der Waals surface area contributed by atoms with Gasteiger partial charge in [0.05, 0.1) is 18.8 Å². The van der Waals surface area contributed by atoms with Gasteiger partial charge in [-0.1, -0.05) is 6.92 Å². The average molecular weight is 189 g/mol. The van der Waals surface area contributed by atoms with Crippen molar-refractivity contribution in [1.29, 1.82) is 0 Å². The van der Waals surface area contributed by atoms with Crippen molar-refractivity contribution in [3.05, 3.63) is 0 Å². The number of nitrogens with two attached hydrogens (primary N) is 1. The van der Waals surface area contributed by atoms with Crippen LogP contribution in [0.25, 0.3) is 0 Å². The van der Waals surface area contributed by atoms with E-state index in [9.17, 15) is 5.11 Å². The van der Waals surface area contributed by atoms with Gasteiger partial charge in [-0.15, -0.1) is 0 Å². The number of aliphatic hydroxyl groups is 1. The van der Waals surface area contributed by atoms with E-state index in [-0.39, 0.29) is 12.3 Å². The van der Waals surface area contributed by atoms with Crippen LogP contribution in [-0.2, 0) is 9.47 Å². The van der Waals surface area contributed by atoms with Gasteiger partial charge in [0.2, 0.25) is 0 Å². The minimum atomic E-state index is -0.471. The summed E-state index contributed by atoms with van der Waals surface area (Å²) in [5.74, 6) is 0. The van der Waals surface area contributed by atoms with Crippen molar-refractivity contribution in [3.8, 4) is 0 Å². The van der Waals surface area contributed by atoms with Gasteiger partial charge in [-0.25, -0.2) is 0 Å². The fourth-order valence-corrected chi connectivity index (χ4v) is 1.31. The zero-order chi connectivity index (χ0) is 9.68. The highest BCUT2D eigenvalue weighted by Gasteiger charge is 2.19. The fraction of sp³-hybridized carbons (Fsp3) is 1.00. The third-order valence-corrected chi connectivity index (χ3v) is 2.27. The Labute approximate surface area is 79.0 Å². The first-order valence-electron chi connectivity index (χ1n) is 4.91. The van der Waals surface area contributed by atoms with Crippen molar-refractivity contribution in [3.63, 3.8) is 0 Å². The van der Waals surface area contributed by atoms with E-state index in [1.807, 2.05) is 6.92 Å². The Hall–Kier alpha value is -0.160. The van der Waals surface area contributed by atoms with Crippen LogP contribution in [0.2, 0.25) is 0 Å². The molecule has 0 aromatic heterocycles. The van der Waals surface area contributed by atoms with Crippen molar-refractivity contribution in [2.24, 2.45) is 5.73 Å². The first-order valence-corrected chi connectivity index (χ1v) is 4.91. The number of ether oxygens (including phenoxy) is 2. The average Bonchev–Trinajstić information content (AvgIpc) is 2.65. The van der Waals surface area contributed by atoms with E-state index in [0.29, 0.717) is 13.0 Å². The summed E-state index contributed by atoms with van der Waals surface area (Å²) in [7, 11) is 0. The summed E-state index contributed by atoms with van der Waals surface area (Å²) in [6.07, 6.45) is 2.08. The standard InChI is InChI=1S/C9H19NO3/c1-2-8(11)7(10)6-13-9-4-3-5-12-9/h7-9,11H,2-6,10H2,1H3. The molecule has 1 rings (SSSR count). The Morgan fingerprint density at radius 3 is 3.00 bits per heavy atom. The zero-order valence-corrected chi connectivity index (χ0v) is 8.11. The van der Waals surface area contributed by atoms with Crippen molar-refractivity contribution in [2.75, 3.05) is 13.2 Å². The summed E-state index contributed by atoms with van der Waals surface area (Å²) >= 11 is 0. The molecule has 0 spiro atoms. The molecular weight excluding hydrogens is 170 g/mol. The molecule has 3 atom stereocenters. The highest BCUT2D eigenvalue weighted by molar-refractivity contribution is 4.70. The van der Waals surface area contributed by atoms with Crippen molar-refractivity contribution < 1.29 is 14.6 Å². The lowest BCUT2D eigenvalue weighted by Gasteiger charge is -2.19. The van der Waals surface area contributed by atoms with Crippen LogP contribution in [0.15, 0.2) is 0 Å². The van der Waals surface area contributed by atoms with E-state index in [1.165, 1.54) is 0 Å². The zero-order valence-electron chi connectivity index (χ0n) is 8.11. The molecule has 1 aliphatic rings. The predicted octanol–water partition coefficient (Wildman–Crippen LogP) is 0.238. The summed E-state index contributed by atoms with van der Waals surface area (Å²) in [6, 6.07) is -0.297. The summed E-state index contributed by atoms with van der Waals surface area (Å²) in [5, 5.41) is 9.35. The highest BCUT2D eigenvalue weighted by Crippen LogP contribution is 2.13. The lowest BCUT2D eigenvalue weighted by molar-refractivity contribution is -0.119. The first-order chi connectivity index (χ1) is 6.24. The molecule has 1 heterocycles. The third-order valence-electron chi connectivity index (χ3n) is 2.27. The molecule has 4 heteroatoms. The van der Waals surface area contributed by atoms with E-state index >= 15 is 0 Å². The van der Waals surface area contributed by atoms with Gasteiger partial charge in [0.15, 0.2) is 6.29 Å². The molecule has 13 heavy (non-hydrogen) atoms. The minimum absolute atomic E-state index is 0.102. The molecule has 0 saturated carbocycles. The number of rotatable bonds is 5. The molecule has 4 nitrogen and oxygen atoms in total. The van der Waals surface area contributed by atoms with E-state index in [0.717, 1.165) is 19.4 Å². The van der Waals surface area contributed by atoms with Crippen molar-refractivity contribution in [1.82, 2.24) is 0 Å². The van der Waals surface area contributed by atoms with Gasteiger partial charge in [0.25, 0.3) is 0 Å². The minimum Gasteiger partial charge on any atom is -0.391 e. The van der Waals surface area contributed by atoms with E-state index in [1.54, 1.807) is 0 Å². The van der Waals surface area contributed by atoms with Crippen molar-refractivity contribution >= 4 is 0 Å². The second-order valence-electron chi connectivity index (χ2n) is 3.42. The van der Waals surface area contributed by atoms with Gasteiger partial charge >= 0.3 is 0 Å². The van der Waals surface area contributed by atoms with Crippen LogP contribution in [-0.4, -0.2) is 36.8 Å². The monoisotopic (exact) mass is 189 g/mol. The molecular formula is C9H19NO3. The smallest absolute Gasteiger partial charge is 0.157 e. The van der Waals surface area contributed by atoms with E-state index < -0.39 is 6.10 Å². The molecule has 0 amide bonds. The van der Waals surface area contributed by atoms with Crippen LogP contribution in [0.1, 0.15) is 26.2 Å². The van der Waals surface area contributed by atoms with Crippen molar-refractivity contribution in [2.45, 2.75) is 44.6 Å². The molecule has 0 aromatic rings. The van der Waals surface area contributed by atoms with Crippen LogP contribution in [0.5, 0.6) is 0 Å². The second kappa shape index (κ2) is 5.54. The largest absolute Gasteiger partial charge is 0.391 e. The summed E-state index contributed by atoms with van der Waals surface area (Å²) in [4.78, 5) is 0. The lowest BCUT2D eigenvalue weighted by Crippen LogP contribution is -2.39. The predicted molar refractivity (Wildman–Crippen MR) is 49.2 cm³/mol. The molecule has 1 saturated heterocycles. The molecule has 0 bridgehead atoms. The van der Waals surface area contributed by atoms with Gasteiger partial charge < -0.3 is 20.3 Å². The normalized spacial score (nSPS) is 27.5. The van der Waals surface area contributed by atoms with E-state index in [4.69, 9.17) is 15.2 Å². The number of hydrogen-bond donors (Lipinski definition) is 2. The molecule has 0 aliphatic carbocycles. The molecule has 3 N–H and O–H groups in total. The number of hydrogen-bond acceptors (Lipinski definition) is 4. The summed E-state index contributed by atoms with van der Waals surface area (Å²) in [5.41, 5.74) is 5.68. The second-order valence-corrected chi connectivity index (χ2v) is 3.42. The fourth-order valence-electron chi connectivity index (χ4n) is 1.31. The summed E-state index contributed by atoms with van der Waals surface area (Å²) in [6.45, 7) is 3.05.